The monoisotopic (exact) mass is 924 g/mol. The van der Waals surface area contributed by atoms with E-state index in [2.05, 4.69) is 94.3 Å². The zero-order valence-corrected chi connectivity index (χ0v) is 43.7. The minimum atomic E-state index is -0.960. The summed E-state index contributed by atoms with van der Waals surface area (Å²) in [7, 11) is 0. The number of aliphatic hydroxyl groups is 2. The Morgan fingerprint density at radius 1 is 0.470 bits per heavy atom. The zero-order valence-electron chi connectivity index (χ0n) is 43.7. The Morgan fingerprint density at radius 2 is 0.894 bits per heavy atom. The number of hydrogen-bond acceptors (Lipinski definition) is 13. The van der Waals surface area contributed by atoms with Gasteiger partial charge in [-0.25, -0.2) is 4.98 Å². The van der Waals surface area contributed by atoms with Crippen LogP contribution >= 0.6 is 0 Å². The molecular formula is C49H81N9O8. The molecule has 2 aliphatic rings. The number of nitrogens with zero attached hydrogens (tertiary/aromatic N) is 2. The van der Waals surface area contributed by atoms with Crippen LogP contribution in [0.5, 0.6) is 11.8 Å². The van der Waals surface area contributed by atoms with Gasteiger partial charge < -0.3 is 46.7 Å². The highest BCUT2D eigenvalue weighted by molar-refractivity contribution is 5.96. The second-order valence-electron chi connectivity index (χ2n) is 21.8. The van der Waals surface area contributed by atoms with Crippen molar-refractivity contribution in [2.45, 2.75) is 181 Å². The number of aromatic hydroxyl groups is 2. The molecule has 17 heteroatoms. The number of pyridine rings is 1. The molecule has 17 nitrogen and oxygen atoms in total. The number of rotatable bonds is 0. The van der Waals surface area contributed by atoms with Gasteiger partial charge in [0.1, 0.15) is 11.4 Å². The summed E-state index contributed by atoms with van der Waals surface area (Å²) in [6, 6.07) is 0. The fourth-order valence-corrected chi connectivity index (χ4v) is 7.47. The summed E-state index contributed by atoms with van der Waals surface area (Å²) in [6.07, 6.45) is -1.67. The predicted octanol–water partition coefficient (Wildman–Crippen LogP) is 6.35. The molecule has 0 aromatic carbocycles. The Morgan fingerprint density at radius 3 is 1.30 bits per heavy atom. The number of carbonyl (C=O) groups is 1. The quantitative estimate of drug-likeness (QED) is 0.118. The number of aryl methyl sites for hydroxylation is 3. The first-order valence-corrected chi connectivity index (χ1v) is 21.9. The van der Waals surface area contributed by atoms with Crippen molar-refractivity contribution >= 4 is 5.91 Å². The number of aliphatic hydroxyl groups excluding tert-OH is 2. The van der Waals surface area contributed by atoms with Crippen molar-refractivity contribution in [3.63, 3.8) is 0 Å². The van der Waals surface area contributed by atoms with E-state index in [1.54, 1.807) is 27.7 Å². The average Bonchev–Trinajstić information content (AvgIpc) is 3.08. The van der Waals surface area contributed by atoms with E-state index in [4.69, 9.17) is 5.11 Å². The first kappa shape index (κ1) is 58.3. The molecule has 11 N–H and O–H groups in total. The highest BCUT2D eigenvalue weighted by atomic mass is 16.3. The van der Waals surface area contributed by atoms with Crippen LogP contribution in [-0.4, -0.2) is 64.0 Å². The number of aromatic amines is 3. The summed E-state index contributed by atoms with van der Waals surface area (Å²) in [5.74, 6) is -0.380. The third-order valence-corrected chi connectivity index (χ3v) is 10.3. The van der Waals surface area contributed by atoms with Gasteiger partial charge in [-0.15, -0.1) is 0 Å². The molecule has 2 aliphatic heterocycles. The topological polar surface area (TPSA) is 270 Å². The summed E-state index contributed by atoms with van der Waals surface area (Å²) in [6.45, 7) is 46.8. The van der Waals surface area contributed by atoms with Gasteiger partial charge in [-0.2, -0.15) is 0 Å². The Balaban J connectivity index is 0.000000413. The van der Waals surface area contributed by atoms with Gasteiger partial charge in [0.2, 0.25) is 18.6 Å². The van der Waals surface area contributed by atoms with Gasteiger partial charge in [0, 0.05) is 50.3 Å². The molecule has 0 fully saturated rings. The SMILES string of the molecule is C=C1NC(O)NC(C)=C1C(C)(C)C.CC1=C(C(C)(C)C)C(=O)NC(O)N1.Cc1[nH]c(=O)c(C)nc1C(C)(C)C.Cc1c(O)[nH]c(=O)c(C(C)(C)C)c1C.Cc1nc(C(C)(C)C)c(=O)[nH]c1O. The molecule has 0 saturated carbocycles. The van der Waals surface area contributed by atoms with Crippen LogP contribution in [-0.2, 0) is 21.0 Å². The maximum Gasteiger partial charge on any atom is 0.272 e. The Hall–Kier alpha value is -5.68. The van der Waals surface area contributed by atoms with Gasteiger partial charge in [-0.3, -0.25) is 34.1 Å². The average molecular weight is 924 g/mol. The summed E-state index contributed by atoms with van der Waals surface area (Å²) >= 11 is 0. The Kier molecular flexibility index (Phi) is 19.2. The largest absolute Gasteiger partial charge is 0.494 e. The van der Waals surface area contributed by atoms with Crippen molar-refractivity contribution in [3.8, 4) is 11.8 Å². The second-order valence-corrected chi connectivity index (χ2v) is 21.8. The highest BCUT2D eigenvalue weighted by Gasteiger charge is 2.31. The third kappa shape index (κ3) is 16.3. The molecule has 5 rings (SSSR count). The van der Waals surface area contributed by atoms with Crippen molar-refractivity contribution in [1.29, 1.82) is 0 Å². The lowest BCUT2D eigenvalue weighted by atomic mass is 9.83. The van der Waals surface area contributed by atoms with Crippen LogP contribution in [0.15, 0.2) is 49.2 Å². The van der Waals surface area contributed by atoms with Gasteiger partial charge in [-0.05, 0) is 75.8 Å². The summed E-state index contributed by atoms with van der Waals surface area (Å²) in [5.41, 5.74) is 8.69. The van der Waals surface area contributed by atoms with Crippen LogP contribution in [0.2, 0.25) is 0 Å². The van der Waals surface area contributed by atoms with Crippen molar-refractivity contribution in [1.82, 2.24) is 46.2 Å². The van der Waals surface area contributed by atoms with E-state index in [-0.39, 0.29) is 61.4 Å². The van der Waals surface area contributed by atoms with E-state index in [9.17, 15) is 34.5 Å². The molecule has 0 spiro atoms. The number of allylic oxidation sites excluding steroid dienone is 3. The van der Waals surface area contributed by atoms with E-state index in [1.165, 1.54) is 0 Å². The van der Waals surface area contributed by atoms with Gasteiger partial charge in [0.15, 0.2) is 5.88 Å². The van der Waals surface area contributed by atoms with Crippen LogP contribution in [0.25, 0.3) is 0 Å². The summed E-state index contributed by atoms with van der Waals surface area (Å²) in [5, 5.41) is 48.0. The molecular weight excluding hydrogens is 843 g/mol. The fourth-order valence-electron chi connectivity index (χ4n) is 7.47. The minimum absolute atomic E-state index is 0.0148. The highest BCUT2D eigenvalue weighted by Crippen LogP contribution is 2.33. The number of amides is 1. The molecule has 3 aromatic rings. The van der Waals surface area contributed by atoms with Crippen molar-refractivity contribution in [2.75, 3.05) is 0 Å². The molecule has 0 aliphatic carbocycles. The van der Waals surface area contributed by atoms with Crippen LogP contribution in [0, 0.1) is 45.4 Å². The molecule has 3 aromatic heterocycles. The predicted molar refractivity (Wildman–Crippen MR) is 263 cm³/mol. The first-order chi connectivity index (χ1) is 29.5. The molecule has 0 radical (unpaired) electrons. The lowest BCUT2D eigenvalue weighted by Gasteiger charge is -2.34. The van der Waals surface area contributed by atoms with Gasteiger partial charge >= 0.3 is 0 Å². The fraction of sp³-hybridized carbons (Fsp3) is 0.592. The maximum atomic E-state index is 11.6. The van der Waals surface area contributed by atoms with E-state index in [1.807, 2.05) is 83.1 Å². The number of aromatic nitrogens is 5. The lowest BCUT2D eigenvalue weighted by molar-refractivity contribution is -0.122. The number of carbonyl (C=O) groups excluding carboxylic acids is 1. The lowest BCUT2D eigenvalue weighted by Crippen LogP contribution is -2.51. The van der Waals surface area contributed by atoms with Crippen molar-refractivity contribution in [2.24, 2.45) is 10.8 Å². The van der Waals surface area contributed by atoms with Crippen molar-refractivity contribution in [3.05, 3.63) is 111 Å². The van der Waals surface area contributed by atoms with Gasteiger partial charge in [-0.1, -0.05) is 110 Å². The van der Waals surface area contributed by atoms with E-state index in [0.717, 1.165) is 50.7 Å². The molecule has 1 amide bonds. The van der Waals surface area contributed by atoms with E-state index < -0.39 is 12.7 Å². The normalized spacial score (nSPS) is 16.6. The Labute approximate surface area is 391 Å². The number of hydrogen-bond donors (Lipinski definition) is 11. The molecule has 66 heavy (non-hydrogen) atoms. The molecule has 5 heterocycles. The smallest absolute Gasteiger partial charge is 0.272 e. The molecule has 2 atom stereocenters. The number of H-pyrrole nitrogens is 3. The van der Waals surface area contributed by atoms with E-state index >= 15 is 0 Å². The standard InChI is InChI=1S/C11H17NO2.C10H16N2O.C10H18N2O.C9H14N2O2.C9H16N2O2/c1-6-7(2)9(13)12-10(14)8(6)11(3,4)5;1-6-8(10(3,4)5)11-7(2)9(13)12-6;1-6-8(10(3,4)5)7(2)12-9(13)11-6;1-5-7(12)11-8(13)6(10-5)9(2,3)4;1-5-6(9(2,3)4)7(12)11-8(13)10-5/h1-5H3,(H2,12,13,14);1-5H3,(H,12,13);9,11-13H,1H2,2-5H3;1-4H3,(H2,11,12,13);8,10,13H,1-4H3,(H,11,12). The molecule has 0 bridgehead atoms. The van der Waals surface area contributed by atoms with Gasteiger partial charge in [0.25, 0.3) is 22.6 Å². The van der Waals surface area contributed by atoms with Crippen molar-refractivity contribution < 1.29 is 25.2 Å². The second kappa shape index (κ2) is 21.7. The molecule has 0 saturated heterocycles. The number of nitrogens with one attached hydrogen (secondary N) is 7. The van der Waals surface area contributed by atoms with Crippen LogP contribution in [0.1, 0.15) is 163 Å². The molecule has 370 valence electrons. The van der Waals surface area contributed by atoms with Crippen LogP contribution in [0.4, 0.5) is 0 Å². The van der Waals surface area contributed by atoms with Crippen LogP contribution < -0.4 is 37.9 Å². The van der Waals surface area contributed by atoms with E-state index in [0.29, 0.717) is 22.7 Å². The maximum absolute atomic E-state index is 11.6. The zero-order chi connectivity index (χ0) is 52.0. The third-order valence-electron chi connectivity index (χ3n) is 10.3. The minimum Gasteiger partial charge on any atom is -0.494 e. The first-order valence-electron chi connectivity index (χ1n) is 21.9. The molecule has 2 unspecified atom stereocenters. The summed E-state index contributed by atoms with van der Waals surface area (Å²) in [4.78, 5) is 61.6. The van der Waals surface area contributed by atoms with Gasteiger partial charge in [0.05, 0.1) is 11.4 Å². The van der Waals surface area contributed by atoms with Crippen LogP contribution in [0.3, 0.4) is 0 Å². The summed E-state index contributed by atoms with van der Waals surface area (Å²) < 4.78 is 0. The Bertz CT molecular complexity index is 2420.